The van der Waals surface area contributed by atoms with E-state index in [0.29, 0.717) is 19.1 Å². The van der Waals surface area contributed by atoms with Crippen LogP contribution in [0.2, 0.25) is 0 Å². The predicted molar refractivity (Wildman–Crippen MR) is 97.0 cm³/mol. The Morgan fingerprint density at radius 3 is 3.00 bits per heavy atom. The van der Waals surface area contributed by atoms with Gasteiger partial charge in [-0.1, -0.05) is 25.1 Å². The molecule has 0 aliphatic heterocycles. The van der Waals surface area contributed by atoms with Crippen LogP contribution in [0.4, 0.5) is 0 Å². The smallest absolute Gasteiger partial charge is 0.262 e. The molecular formula is C19H20N2O2S. The molecule has 0 N–H and O–H groups in total. The van der Waals surface area contributed by atoms with E-state index in [1.165, 1.54) is 10.4 Å². The minimum atomic E-state index is 0.0729. The fourth-order valence-electron chi connectivity index (χ4n) is 3.30. The van der Waals surface area contributed by atoms with E-state index in [0.717, 1.165) is 35.2 Å². The first-order chi connectivity index (χ1) is 11.7. The van der Waals surface area contributed by atoms with E-state index in [4.69, 9.17) is 4.74 Å². The molecule has 2 heterocycles. The van der Waals surface area contributed by atoms with Gasteiger partial charge in [0.05, 0.1) is 18.3 Å². The van der Waals surface area contributed by atoms with Crippen LogP contribution in [0.25, 0.3) is 10.2 Å². The van der Waals surface area contributed by atoms with Gasteiger partial charge in [0.2, 0.25) is 0 Å². The summed E-state index contributed by atoms with van der Waals surface area (Å²) in [6, 6.07) is 9.67. The molecule has 4 nitrogen and oxygen atoms in total. The SMILES string of the molecule is CC1CCc2c(sc3ncn(CCOc4ccccc4)c(=O)c23)C1. The lowest BCUT2D eigenvalue weighted by Gasteiger charge is -2.17. The first-order valence-corrected chi connectivity index (χ1v) is 9.21. The van der Waals surface area contributed by atoms with Gasteiger partial charge in [0.15, 0.2) is 0 Å². The molecule has 4 rings (SSSR count). The highest BCUT2D eigenvalue weighted by Gasteiger charge is 2.23. The molecule has 124 valence electrons. The number of para-hydroxylation sites is 1. The number of rotatable bonds is 4. The molecule has 0 radical (unpaired) electrons. The standard InChI is InChI=1S/C19H20N2O2S/c1-13-7-8-15-16(11-13)24-18-17(15)19(22)21(12-20-18)9-10-23-14-5-3-2-4-6-14/h2-6,12-13H,7-11H2,1H3. The van der Waals surface area contributed by atoms with E-state index in [9.17, 15) is 4.79 Å². The number of aromatic nitrogens is 2. The van der Waals surface area contributed by atoms with Crippen molar-refractivity contribution in [3.63, 3.8) is 0 Å². The highest BCUT2D eigenvalue weighted by atomic mass is 32.1. The molecule has 1 atom stereocenters. The maximum Gasteiger partial charge on any atom is 0.262 e. The Labute approximate surface area is 144 Å². The van der Waals surface area contributed by atoms with Gasteiger partial charge in [0.1, 0.15) is 17.2 Å². The van der Waals surface area contributed by atoms with Gasteiger partial charge in [-0.3, -0.25) is 9.36 Å². The number of hydrogen-bond acceptors (Lipinski definition) is 4. The molecule has 0 fully saturated rings. The number of thiophene rings is 1. The van der Waals surface area contributed by atoms with Crippen molar-refractivity contribution in [3.05, 3.63) is 57.5 Å². The maximum absolute atomic E-state index is 12.9. The summed E-state index contributed by atoms with van der Waals surface area (Å²) in [5, 5.41) is 0.837. The third kappa shape index (κ3) is 2.84. The second-order valence-electron chi connectivity index (χ2n) is 6.44. The van der Waals surface area contributed by atoms with Crippen LogP contribution in [0, 0.1) is 5.92 Å². The topological polar surface area (TPSA) is 44.1 Å². The molecule has 0 bridgehead atoms. The van der Waals surface area contributed by atoms with Crippen molar-refractivity contribution < 1.29 is 4.74 Å². The first-order valence-electron chi connectivity index (χ1n) is 8.40. The minimum Gasteiger partial charge on any atom is -0.492 e. The van der Waals surface area contributed by atoms with E-state index < -0.39 is 0 Å². The summed E-state index contributed by atoms with van der Waals surface area (Å²) in [6.45, 7) is 3.25. The number of fused-ring (bicyclic) bond motifs is 3. The molecule has 5 heteroatoms. The third-order valence-corrected chi connectivity index (χ3v) is 5.79. The Morgan fingerprint density at radius 1 is 1.33 bits per heavy atom. The Hall–Kier alpha value is -2.14. The van der Waals surface area contributed by atoms with Crippen molar-refractivity contribution in [2.75, 3.05) is 6.61 Å². The third-order valence-electron chi connectivity index (χ3n) is 4.63. The fourth-order valence-corrected chi connectivity index (χ4v) is 4.64. The average molecular weight is 340 g/mol. The van der Waals surface area contributed by atoms with Gasteiger partial charge >= 0.3 is 0 Å². The summed E-state index contributed by atoms with van der Waals surface area (Å²) in [7, 11) is 0. The van der Waals surface area contributed by atoms with Crippen LogP contribution < -0.4 is 10.3 Å². The largest absolute Gasteiger partial charge is 0.492 e. The van der Waals surface area contributed by atoms with Crippen LogP contribution in [-0.4, -0.2) is 16.2 Å². The van der Waals surface area contributed by atoms with Crippen LogP contribution in [0.1, 0.15) is 23.8 Å². The van der Waals surface area contributed by atoms with Gasteiger partial charge < -0.3 is 4.74 Å². The molecule has 3 aromatic rings. The highest BCUT2D eigenvalue weighted by molar-refractivity contribution is 7.18. The summed E-state index contributed by atoms with van der Waals surface area (Å²) in [6.07, 6.45) is 4.89. The quantitative estimate of drug-likeness (QED) is 0.728. The molecule has 1 aliphatic carbocycles. The fraction of sp³-hybridized carbons (Fsp3) is 0.368. The van der Waals surface area contributed by atoms with Crippen LogP contribution >= 0.6 is 11.3 Å². The molecular weight excluding hydrogens is 320 g/mol. The van der Waals surface area contributed by atoms with Crippen molar-refractivity contribution in [2.45, 2.75) is 32.7 Å². The molecule has 0 saturated carbocycles. The number of aryl methyl sites for hydroxylation is 1. The number of hydrogen-bond donors (Lipinski definition) is 0. The summed E-state index contributed by atoms with van der Waals surface area (Å²) in [5.74, 6) is 1.52. The van der Waals surface area contributed by atoms with Gasteiger partial charge in [0, 0.05) is 4.88 Å². The van der Waals surface area contributed by atoms with Gasteiger partial charge in [-0.05, 0) is 42.9 Å². The summed E-state index contributed by atoms with van der Waals surface area (Å²) in [5.41, 5.74) is 1.31. The first kappa shape index (κ1) is 15.4. The molecule has 0 saturated heterocycles. The Kier molecular flexibility index (Phi) is 4.10. The van der Waals surface area contributed by atoms with Crippen LogP contribution in [0.5, 0.6) is 5.75 Å². The normalized spacial score (nSPS) is 17.0. The molecule has 1 aliphatic rings. The lowest BCUT2D eigenvalue weighted by Crippen LogP contribution is -2.24. The summed E-state index contributed by atoms with van der Waals surface area (Å²) >= 11 is 1.69. The second kappa shape index (κ2) is 6.40. The Morgan fingerprint density at radius 2 is 2.17 bits per heavy atom. The monoisotopic (exact) mass is 340 g/mol. The molecule has 2 aromatic heterocycles. The molecule has 24 heavy (non-hydrogen) atoms. The van der Waals surface area contributed by atoms with E-state index in [1.807, 2.05) is 30.3 Å². The predicted octanol–water partition coefficient (Wildman–Crippen LogP) is 3.66. The Balaban J connectivity index is 1.58. The van der Waals surface area contributed by atoms with E-state index in [2.05, 4.69) is 11.9 Å². The highest BCUT2D eigenvalue weighted by Crippen LogP contribution is 2.35. The van der Waals surface area contributed by atoms with Crippen LogP contribution in [-0.2, 0) is 19.4 Å². The molecule has 0 spiro atoms. The van der Waals surface area contributed by atoms with Crippen molar-refractivity contribution in [1.82, 2.24) is 9.55 Å². The van der Waals surface area contributed by atoms with Crippen LogP contribution in [0.3, 0.4) is 0 Å². The van der Waals surface area contributed by atoms with E-state index in [-0.39, 0.29) is 5.56 Å². The Bertz CT molecular complexity index is 914. The average Bonchev–Trinajstić information content (AvgIpc) is 2.96. The van der Waals surface area contributed by atoms with Crippen molar-refractivity contribution in [1.29, 1.82) is 0 Å². The molecule has 1 aromatic carbocycles. The van der Waals surface area contributed by atoms with Crippen molar-refractivity contribution in [3.8, 4) is 5.75 Å². The zero-order valence-corrected chi connectivity index (χ0v) is 14.5. The van der Waals surface area contributed by atoms with Gasteiger partial charge in [0.25, 0.3) is 5.56 Å². The molecule has 1 unspecified atom stereocenters. The van der Waals surface area contributed by atoms with Gasteiger partial charge in [-0.2, -0.15) is 0 Å². The van der Waals surface area contributed by atoms with Crippen LogP contribution in [0.15, 0.2) is 41.5 Å². The number of benzene rings is 1. The zero-order chi connectivity index (χ0) is 16.5. The maximum atomic E-state index is 12.9. The van der Waals surface area contributed by atoms with Crippen molar-refractivity contribution >= 4 is 21.6 Å². The lowest BCUT2D eigenvalue weighted by molar-refractivity contribution is 0.296. The second-order valence-corrected chi connectivity index (χ2v) is 7.52. The summed E-state index contributed by atoms with van der Waals surface area (Å²) in [4.78, 5) is 19.6. The lowest BCUT2D eigenvalue weighted by atomic mass is 9.89. The van der Waals surface area contributed by atoms with Gasteiger partial charge in [-0.25, -0.2) is 4.98 Å². The number of ether oxygens (including phenoxy) is 1. The van der Waals surface area contributed by atoms with E-state index >= 15 is 0 Å². The van der Waals surface area contributed by atoms with E-state index in [1.54, 1.807) is 22.2 Å². The van der Waals surface area contributed by atoms with Crippen molar-refractivity contribution in [2.24, 2.45) is 5.92 Å². The number of nitrogens with zero attached hydrogens (tertiary/aromatic N) is 2. The molecule has 0 amide bonds. The zero-order valence-electron chi connectivity index (χ0n) is 13.7. The minimum absolute atomic E-state index is 0.0729. The summed E-state index contributed by atoms with van der Waals surface area (Å²) < 4.78 is 7.38. The van der Waals surface area contributed by atoms with Gasteiger partial charge in [-0.15, -0.1) is 11.3 Å².